The van der Waals surface area contributed by atoms with Crippen molar-refractivity contribution in [1.82, 2.24) is 9.88 Å². The molecule has 0 unspecified atom stereocenters. The molecule has 1 aromatic heterocycles. The zero-order valence-corrected chi connectivity index (χ0v) is 18.9. The van der Waals surface area contributed by atoms with Crippen LogP contribution in [0.2, 0.25) is 0 Å². The third-order valence-electron chi connectivity index (χ3n) is 7.42. The van der Waals surface area contributed by atoms with E-state index in [0.717, 1.165) is 37.1 Å². The zero-order chi connectivity index (χ0) is 22.2. The van der Waals surface area contributed by atoms with Crippen LogP contribution in [0.15, 0.2) is 42.6 Å². The Balaban J connectivity index is 1.47. The third-order valence-corrected chi connectivity index (χ3v) is 7.42. The SMILES string of the molecule is COc1cc(C)c2[nH]ccc2c1CN1CC[C@H](CC2CC2)C[C@@H]1c1ccc(C(=O)O)cc1. The molecule has 5 nitrogen and oxygen atoms in total. The summed E-state index contributed by atoms with van der Waals surface area (Å²) >= 11 is 0. The van der Waals surface area contributed by atoms with Gasteiger partial charge in [-0.2, -0.15) is 0 Å². The Hall–Kier alpha value is -2.79. The van der Waals surface area contributed by atoms with Gasteiger partial charge in [-0.25, -0.2) is 4.79 Å². The molecule has 3 aromatic rings. The summed E-state index contributed by atoms with van der Waals surface area (Å²) in [7, 11) is 1.75. The van der Waals surface area contributed by atoms with Gasteiger partial charge in [-0.3, -0.25) is 4.90 Å². The van der Waals surface area contributed by atoms with Crippen molar-refractivity contribution in [2.24, 2.45) is 11.8 Å². The number of H-pyrrole nitrogens is 1. The number of methoxy groups -OCH3 is 1. The molecule has 0 radical (unpaired) electrons. The van der Waals surface area contributed by atoms with Crippen LogP contribution >= 0.6 is 0 Å². The summed E-state index contributed by atoms with van der Waals surface area (Å²) in [4.78, 5) is 17.3. The average molecular weight is 433 g/mol. The van der Waals surface area contributed by atoms with E-state index in [9.17, 15) is 9.90 Å². The molecule has 32 heavy (non-hydrogen) atoms. The van der Waals surface area contributed by atoms with Crippen molar-refractivity contribution in [3.63, 3.8) is 0 Å². The molecular formula is C27H32N2O3. The molecule has 0 spiro atoms. The van der Waals surface area contributed by atoms with E-state index in [1.54, 1.807) is 19.2 Å². The summed E-state index contributed by atoms with van der Waals surface area (Å²) in [5, 5.41) is 10.5. The number of nitrogens with zero attached hydrogens (tertiary/aromatic N) is 1. The highest BCUT2D eigenvalue weighted by atomic mass is 16.5. The van der Waals surface area contributed by atoms with Gasteiger partial charge in [-0.15, -0.1) is 0 Å². The van der Waals surface area contributed by atoms with E-state index in [1.807, 2.05) is 18.3 Å². The molecule has 1 saturated heterocycles. The minimum absolute atomic E-state index is 0.287. The van der Waals surface area contributed by atoms with Crippen molar-refractivity contribution in [3.05, 3.63) is 64.8 Å². The number of piperidine rings is 1. The molecule has 168 valence electrons. The monoisotopic (exact) mass is 432 g/mol. The molecule has 1 aliphatic carbocycles. The van der Waals surface area contributed by atoms with E-state index in [2.05, 4.69) is 28.9 Å². The number of carboxylic acids is 1. The van der Waals surface area contributed by atoms with Gasteiger partial charge in [0, 0.05) is 35.2 Å². The Morgan fingerprint density at radius 1 is 1.16 bits per heavy atom. The molecule has 5 rings (SSSR count). The largest absolute Gasteiger partial charge is 0.496 e. The molecule has 1 saturated carbocycles. The number of aromatic nitrogens is 1. The number of ether oxygens (including phenoxy) is 1. The molecule has 2 atom stereocenters. The smallest absolute Gasteiger partial charge is 0.335 e. The fourth-order valence-corrected chi connectivity index (χ4v) is 5.49. The maximum Gasteiger partial charge on any atom is 0.335 e. The second-order valence-electron chi connectivity index (χ2n) is 9.62. The van der Waals surface area contributed by atoms with Crippen LogP contribution in [-0.2, 0) is 6.54 Å². The Morgan fingerprint density at radius 3 is 2.62 bits per heavy atom. The van der Waals surface area contributed by atoms with Gasteiger partial charge in [0.15, 0.2) is 0 Å². The number of aromatic amines is 1. The first-order valence-corrected chi connectivity index (χ1v) is 11.7. The number of fused-ring (bicyclic) bond motifs is 1. The Bertz CT molecular complexity index is 1110. The van der Waals surface area contributed by atoms with Crippen LogP contribution in [0.5, 0.6) is 5.75 Å². The van der Waals surface area contributed by atoms with Gasteiger partial charge in [0.2, 0.25) is 0 Å². The third kappa shape index (κ3) is 4.14. The first-order chi connectivity index (χ1) is 15.5. The first-order valence-electron chi connectivity index (χ1n) is 11.7. The van der Waals surface area contributed by atoms with Gasteiger partial charge in [-0.05, 0) is 80.0 Å². The quantitative estimate of drug-likeness (QED) is 0.485. The molecule has 2 aliphatic rings. The fraction of sp³-hybridized carbons (Fsp3) is 0.444. The van der Waals surface area contributed by atoms with Gasteiger partial charge in [0.05, 0.1) is 12.7 Å². The Labute approximate surface area is 189 Å². The van der Waals surface area contributed by atoms with Crippen molar-refractivity contribution in [3.8, 4) is 5.75 Å². The lowest BCUT2D eigenvalue weighted by Crippen LogP contribution is -2.36. The molecule has 2 fully saturated rings. The van der Waals surface area contributed by atoms with Crippen molar-refractivity contribution in [2.75, 3.05) is 13.7 Å². The summed E-state index contributed by atoms with van der Waals surface area (Å²) in [5.74, 6) is 1.74. The topological polar surface area (TPSA) is 65.6 Å². The number of benzene rings is 2. The van der Waals surface area contributed by atoms with Crippen molar-refractivity contribution < 1.29 is 14.6 Å². The van der Waals surface area contributed by atoms with Gasteiger partial charge in [-0.1, -0.05) is 25.0 Å². The summed E-state index contributed by atoms with van der Waals surface area (Å²) in [6.07, 6.45) is 8.49. The molecule has 2 N–H and O–H groups in total. The van der Waals surface area contributed by atoms with Gasteiger partial charge in [0.25, 0.3) is 0 Å². The second kappa shape index (κ2) is 8.62. The molecule has 5 heteroatoms. The van der Waals surface area contributed by atoms with Crippen LogP contribution in [0.25, 0.3) is 10.9 Å². The number of carboxylic acid groups (broad SMARTS) is 1. The van der Waals surface area contributed by atoms with E-state index in [4.69, 9.17) is 4.74 Å². The fourth-order valence-electron chi connectivity index (χ4n) is 5.49. The van der Waals surface area contributed by atoms with Gasteiger partial charge in [0.1, 0.15) is 5.75 Å². The number of aryl methyl sites for hydroxylation is 1. The minimum Gasteiger partial charge on any atom is -0.496 e. The lowest BCUT2D eigenvalue weighted by Gasteiger charge is -2.40. The lowest BCUT2D eigenvalue weighted by atomic mass is 9.83. The van der Waals surface area contributed by atoms with E-state index >= 15 is 0 Å². The predicted octanol–water partition coefficient (Wildman–Crippen LogP) is 5.94. The molecule has 2 aromatic carbocycles. The molecule has 1 aliphatic heterocycles. The van der Waals surface area contributed by atoms with Crippen LogP contribution in [0.1, 0.15) is 65.2 Å². The average Bonchev–Trinajstić information content (AvgIpc) is 3.47. The number of carbonyl (C=O) groups is 1. The summed E-state index contributed by atoms with van der Waals surface area (Å²) < 4.78 is 5.80. The standard InChI is InChI=1S/C27H32N2O3/c1-17-13-25(32-2)23(22-9-11-28-26(17)22)16-29-12-10-19(14-18-3-4-18)15-24(29)20-5-7-21(8-6-20)27(30)31/h5-9,11,13,18-19,24,28H,3-4,10,12,14-16H2,1-2H3,(H,30,31)/t19-,24-/m1/s1. The van der Waals surface area contributed by atoms with Crippen LogP contribution in [0, 0.1) is 18.8 Å². The van der Waals surface area contributed by atoms with Crippen LogP contribution < -0.4 is 4.74 Å². The summed E-state index contributed by atoms with van der Waals surface area (Å²) in [5.41, 5.74) is 5.15. The van der Waals surface area contributed by atoms with Gasteiger partial charge >= 0.3 is 5.97 Å². The number of likely N-dealkylation sites (tertiary alicyclic amines) is 1. The zero-order valence-electron chi connectivity index (χ0n) is 18.9. The van der Waals surface area contributed by atoms with Crippen molar-refractivity contribution >= 4 is 16.9 Å². The number of aromatic carboxylic acids is 1. The maximum absolute atomic E-state index is 11.3. The molecule has 2 heterocycles. The lowest BCUT2D eigenvalue weighted by molar-refractivity contribution is 0.0696. The Kier molecular flexibility index (Phi) is 5.68. The minimum atomic E-state index is -0.872. The number of nitrogens with one attached hydrogen (secondary N) is 1. The molecule has 0 bridgehead atoms. The Morgan fingerprint density at radius 2 is 1.94 bits per heavy atom. The number of rotatable bonds is 7. The first kappa shape index (κ1) is 21.1. The number of hydrogen-bond donors (Lipinski definition) is 2. The van der Waals surface area contributed by atoms with Crippen LogP contribution in [0.4, 0.5) is 0 Å². The second-order valence-corrected chi connectivity index (χ2v) is 9.62. The van der Waals surface area contributed by atoms with E-state index in [0.29, 0.717) is 5.56 Å². The summed E-state index contributed by atoms with van der Waals surface area (Å²) in [6.45, 7) is 3.98. The highest BCUT2D eigenvalue weighted by molar-refractivity contribution is 5.88. The van der Waals surface area contributed by atoms with Gasteiger partial charge < -0.3 is 14.8 Å². The predicted molar refractivity (Wildman–Crippen MR) is 126 cm³/mol. The maximum atomic E-state index is 11.3. The van der Waals surface area contributed by atoms with Crippen molar-refractivity contribution in [2.45, 2.75) is 51.6 Å². The van der Waals surface area contributed by atoms with Crippen molar-refractivity contribution in [1.29, 1.82) is 0 Å². The highest BCUT2D eigenvalue weighted by Crippen LogP contribution is 2.44. The summed E-state index contributed by atoms with van der Waals surface area (Å²) in [6, 6.07) is 12.1. The van der Waals surface area contributed by atoms with E-state index < -0.39 is 5.97 Å². The van der Waals surface area contributed by atoms with E-state index in [-0.39, 0.29) is 6.04 Å². The molecular weight excluding hydrogens is 400 g/mol. The van der Waals surface area contributed by atoms with Crippen LogP contribution in [0.3, 0.4) is 0 Å². The highest BCUT2D eigenvalue weighted by Gasteiger charge is 2.34. The number of hydrogen-bond acceptors (Lipinski definition) is 3. The van der Waals surface area contributed by atoms with Crippen LogP contribution in [-0.4, -0.2) is 34.6 Å². The normalized spacial score (nSPS) is 21.7. The molecule has 0 amide bonds. The van der Waals surface area contributed by atoms with E-state index in [1.165, 1.54) is 53.3 Å².